The first-order valence-corrected chi connectivity index (χ1v) is 6.50. The third kappa shape index (κ3) is 3.57. The van der Waals surface area contributed by atoms with Crippen molar-refractivity contribution in [1.82, 2.24) is 14.7 Å². The zero-order valence-electron chi connectivity index (χ0n) is 11.5. The van der Waals surface area contributed by atoms with Crippen molar-refractivity contribution >= 4 is 5.91 Å². The van der Waals surface area contributed by atoms with Crippen molar-refractivity contribution in [3.05, 3.63) is 17.5 Å². The van der Waals surface area contributed by atoms with E-state index in [0.717, 1.165) is 25.0 Å². The summed E-state index contributed by atoms with van der Waals surface area (Å²) in [4.78, 5) is 14.0. The largest absolute Gasteiger partial charge is 0.395 e. The zero-order chi connectivity index (χ0) is 13.5. The van der Waals surface area contributed by atoms with Crippen LogP contribution in [0, 0.1) is 6.92 Å². The summed E-state index contributed by atoms with van der Waals surface area (Å²) < 4.78 is 1.69. The van der Waals surface area contributed by atoms with Gasteiger partial charge < -0.3 is 10.0 Å². The van der Waals surface area contributed by atoms with Crippen LogP contribution in [0.5, 0.6) is 0 Å². The quantitative estimate of drug-likeness (QED) is 0.746. The van der Waals surface area contributed by atoms with E-state index in [1.165, 1.54) is 0 Å². The van der Waals surface area contributed by atoms with Crippen LogP contribution < -0.4 is 0 Å². The predicted octanol–water partition coefficient (Wildman–Crippen LogP) is 1.35. The monoisotopic (exact) mass is 253 g/mol. The Morgan fingerprint density at radius 3 is 2.67 bits per heavy atom. The molecule has 0 bridgehead atoms. The molecule has 0 atom stereocenters. The molecule has 1 amide bonds. The number of carbonyl (C=O) groups excluding carboxylic acids is 1. The fourth-order valence-corrected chi connectivity index (χ4v) is 1.87. The van der Waals surface area contributed by atoms with Crippen LogP contribution in [-0.4, -0.2) is 45.4 Å². The van der Waals surface area contributed by atoms with Gasteiger partial charge in [-0.2, -0.15) is 5.10 Å². The summed E-state index contributed by atoms with van der Waals surface area (Å²) in [5.41, 5.74) is 1.49. The second-order valence-electron chi connectivity index (χ2n) is 4.49. The fraction of sp³-hybridized carbons (Fsp3) is 0.692. The minimum atomic E-state index is -0.0363. The van der Waals surface area contributed by atoms with Gasteiger partial charge in [-0.15, -0.1) is 0 Å². The molecule has 0 fully saturated rings. The van der Waals surface area contributed by atoms with Gasteiger partial charge >= 0.3 is 0 Å². The number of hydrogen-bond donors (Lipinski definition) is 1. The third-order valence-electron chi connectivity index (χ3n) is 3.15. The van der Waals surface area contributed by atoms with Crippen molar-refractivity contribution < 1.29 is 9.90 Å². The average molecular weight is 253 g/mol. The topological polar surface area (TPSA) is 58.4 Å². The standard InChI is InChI=1S/C13H23N3O2/c1-4-5-6-7-16(8-9-17)13(18)12-10-14-15(3)11(12)2/h10,17H,4-9H2,1-3H3. The summed E-state index contributed by atoms with van der Waals surface area (Å²) in [6.07, 6.45) is 4.79. The molecule has 0 radical (unpaired) electrons. The van der Waals surface area contributed by atoms with Gasteiger partial charge in [-0.3, -0.25) is 9.48 Å². The molecule has 1 rings (SSSR count). The van der Waals surface area contributed by atoms with E-state index in [-0.39, 0.29) is 12.5 Å². The van der Waals surface area contributed by atoms with Gasteiger partial charge in [0.15, 0.2) is 0 Å². The van der Waals surface area contributed by atoms with Gasteiger partial charge in [0.2, 0.25) is 0 Å². The highest BCUT2D eigenvalue weighted by Crippen LogP contribution is 2.10. The van der Waals surface area contributed by atoms with E-state index in [1.807, 2.05) is 14.0 Å². The molecule has 0 spiro atoms. The van der Waals surface area contributed by atoms with E-state index < -0.39 is 0 Å². The number of aliphatic hydroxyl groups excluding tert-OH is 1. The minimum Gasteiger partial charge on any atom is -0.395 e. The van der Waals surface area contributed by atoms with E-state index in [2.05, 4.69) is 12.0 Å². The summed E-state index contributed by atoms with van der Waals surface area (Å²) in [6, 6.07) is 0. The van der Waals surface area contributed by atoms with Crippen molar-refractivity contribution in [2.45, 2.75) is 33.1 Å². The number of aliphatic hydroxyl groups is 1. The molecular weight excluding hydrogens is 230 g/mol. The lowest BCUT2D eigenvalue weighted by molar-refractivity contribution is 0.0717. The Kier molecular flexibility index (Phi) is 5.85. The second-order valence-corrected chi connectivity index (χ2v) is 4.49. The lowest BCUT2D eigenvalue weighted by Gasteiger charge is -2.21. The van der Waals surface area contributed by atoms with Gasteiger partial charge in [0.25, 0.3) is 5.91 Å². The van der Waals surface area contributed by atoms with E-state index in [0.29, 0.717) is 18.7 Å². The number of aryl methyl sites for hydroxylation is 1. The number of aromatic nitrogens is 2. The fourth-order valence-electron chi connectivity index (χ4n) is 1.87. The summed E-state index contributed by atoms with van der Waals surface area (Å²) in [7, 11) is 1.82. The van der Waals surface area contributed by atoms with Crippen LogP contribution in [0.15, 0.2) is 6.20 Å². The lowest BCUT2D eigenvalue weighted by Crippen LogP contribution is -2.34. The van der Waals surface area contributed by atoms with E-state index in [1.54, 1.807) is 15.8 Å². The maximum atomic E-state index is 12.3. The Bertz CT molecular complexity index is 388. The first-order chi connectivity index (χ1) is 8.61. The molecule has 0 aliphatic carbocycles. The lowest BCUT2D eigenvalue weighted by atomic mass is 10.2. The highest BCUT2D eigenvalue weighted by atomic mass is 16.3. The van der Waals surface area contributed by atoms with Crippen LogP contribution in [0.25, 0.3) is 0 Å². The number of rotatable bonds is 7. The Hall–Kier alpha value is -1.36. The van der Waals surface area contributed by atoms with Crippen LogP contribution >= 0.6 is 0 Å². The van der Waals surface area contributed by atoms with E-state index in [4.69, 9.17) is 5.11 Å². The molecule has 18 heavy (non-hydrogen) atoms. The molecule has 0 aliphatic rings. The maximum Gasteiger partial charge on any atom is 0.257 e. The first kappa shape index (κ1) is 14.7. The second kappa shape index (κ2) is 7.16. The summed E-state index contributed by atoms with van der Waals surface area (Å²) >= 11 is 0. The van der Waals surface area contributed by atoms with Crippen LogP contribution in [0.4, 0.5) is 0 Å². The smallest absolute Gasteiger partial charge is 0.257 e. The van der Waals surface area contributed by atoms with Gasteiger partial charge in [0.1, 0.15) is 0 Å². The number of nitrogens with zero attached hydrogens (tertiary/aromatic N) is 3. The first-order valence-electron chi connectivity index (χ1n) is 6.50. The van der Waals surface area contributed by atoms with Crippen LogP contribution in [0.1, 0.15) is 42.2 Å². The molecule has 1 N–H and O–H groups in total. The van der Waals surface area contributed by atoms with Gasteiger partial charge in [-0.05, 0) is 13.3 Å². The highest BCUT2D eigenvalue weighted by molar-refractivity contribution is 5.95. The van der Waals surface area contributed by atoms with Gasteiger partial charge in [-0.1, -0.05) is 19.8 Å². The molecule has 0 aliphatic heterocycles. The Morgan fingerprint density at radius 2 is 2.17 bits per heavy atom. The number of amides is 1. The van der Waals surface area contributed by atoms with Crippen molar-refractivity contribution in [3.63, 3.8) is 0 Å². The SMILES string of the molecule is CCCCCN(CCO)C(=O)c1cnn(C)c1C. The van der Waals surface area contributed by atoms with Crippen LogP contribution in [-0.2, 0) is 7.05 Å². The summed E-state index contributed by atoms with van der Waals surface area (Å²) in [5, 5.41) is 13.1. The third-order valence-corrected chi connectivity index (χ3v) is 3.15. The van der Waals surface area contributed by atoms with Crippen molar-refractivity contribution in [2.24, 2.45) is 7.05 Å². The Balaban J connectivity index is 2.72. The van der Waals surface area contributed by atoms with Crippen molar-refractivity contribution in [3.8, 4) is 0 Å². The van der Waals surface area contributed by atoms with E-state index >= 15 is 0 Å². The molecule has 0 aromatic carbocycles. The van der Waals surface area contributed by atoms with E-state index in [9.17, 15) is 4.79 Å². The molecule has 1 aromatic heterocycles. The minimum absolute atomic E-state index is 0.00280. The van der Waals surface area contributed by atoms with Gasteiger partial charge in [-0.25, -0.2) is 0 Å². The molecule has 0 saturated heterocycles. The summed E-state index contributed by atoms with van der Waals surface area (Å²) in [6.45, 7) is 5.09. The number of hydrogen-bond acceptors (Lipinski definition) is 3. The predicted molar refractivity (Wildman–Crippen MR) is 70.5 cm³/mol. The van der Waals surface area contributed by atoms with Gasteiger partial charge in [0, 0.05) is 25.8 Å². The Labute approximate surface area is 108 Å². The average Bonchev–Trinajstić information content (AvgIpc) is 2.68. The molecule has 5 nitrogen and oxygen atoms in total. The highest BCUT2D eigenvalue weighted by Gasteiger charge is 2.19. The normalized spacial score (nSPS) is 10.7. The van der Waals surface area contributed by atoms with Crippen LogP contribution in [0.3, 0.4) is 0 Å². The number of unbranched alkanes of at least 4 members (excludes halogenated alkanes) is 2. The van der Waals surface area contributed by atoms with Crippen molar-refractivity contribution in [2.75, 3.05) is 19.7 Å². The Morgan fingerprint density at radius 1 is 1.44 bits per heavy atom. The molecular formula is C13H23N3O2. The molecule has 0 saturated carbocycles. The van der Waals surface area contributed by atoms with Gasteiger partial charge in [0.05, 0.1) is 18.4 Å². The zero-order valence-corrected chi connectivity index (χ0v) is 11.5. The van der Waals surface area contributed by atoms with Crippen LogP contribution in [0.2, 0.25) is 0 Å². The molecule has 1 aromatic rings. The molecule has 5 heteroatoms. The van der Waals surface area contributed by atoms with Crippen molar-refractivity contribution in [1.29, 1.82) is 0 Å². The molecule has 102 valence electrons. The molecule has 0 unspecified atom stereocenters. The summed E-state index contributed by atoms with van der Waals surface area (Å²) in [5.74, 6) is -0.0363. The number of carbonyl (C=O) groups is 1. The maximum absolute atomic E-state index is 12.3. The molecule has 1 heterocycles.